The molecule has 4 saturated carbocycles. The summed E-state index contributed by atoms with van der Waals surface area (Å²) in [5.41, 5.74) is 2.03. The van der Waals surface area contributed by atoms with E-state index in [9.17, 15) is 5.11 Å². The summed E-state index contributed by atoms with van der Waals surface area (Å²) in [6.07, 6.45) is 11.8. The molecule has 20 heavy (non-hydrogen) atoms. The van der Waals surface area contributed by atoms with Crippen molar-refractivity contribution in [2.24, 2.45) is 35.0 Å². The third kappa shape index (κ3) is 1.78. The van der Waals surface area contributed by atoms with Crippen LogP contribution in [-0.2, 0) is 0 Å². The van der Waals surface area contributed by atoms with Crippen LogP contribution < -0.4 is 0 Å². The molecule has 0 spiro atoms. The van der Waals surface area contributed by atoms with E-state index in [-0.39, 0.29) is 6.10 Å². The maximum Gasteiger partial charge on any atom is 0.0543 e. The van der Waals surface area contributed by atoms with Crippen LogP contribution >= 0.6 is 0 Å². The topological polar surface area (TPSA) is 20.2 Å². The summed E-state index contributed by atoms with van der Waals surface area (Å²) in [5, 5.41) is 9.96. The number of hydrogen-bond donors (Lipinski definition) is 1. The Balaban J connectivity index is 1.58. The van der Waals surface area contributed by atoms with Crippen LogP contribution in [0.5, 0.6) is 0 Å². The SMILES string of the molecule is C=C1CCC2C3CCC4CC(O)CCC4C3CCC12C. The lowest BCUT2D eigenvalue weighted by Gasteiger charge is -2.55. The van der Waals surface area contributed by atoms with Crippen molar-refractivity contribution >= 4 is 0 Å². The van der Waals surface area contributed by atoms with Gasteiger partial charge in [-0.2, -0.15) is 0 Å². The third-order valence-corrected chi connectivity index (χ3v) is 7.88. The van der Waals surface area contributed by atoms with Crippen LogP contribution in [0, 0.1) is 35.0 Å². The van der Waals surface area contributed by atoms with E-state index in [1.165, 1.54) is 44.9 Å². The molecule has 1 nitrogen and oxygen atoms in total. The molecule has 0 aliphatic heterocycles. The van der Waals surface area contributed by atoms with E-state index in [0.29, 0.717) is 5.41 Å². The quantitative estimate of drug-likeness (QED) is 0.642. The molecule has 0 aromatic heterocycles. The Kier molecular flexibility index (Phi) is 3.07. The van der Waals surface area contributed by atoms with E-state index in [1.54, 1.807) is 5.57 Å². The highest BCUT2D eigenvalue weighted by Gasteiger charge is 2.54. The fraction of sp³-hybridized carbons (Fsp3) is 0.895. The lowest BCUT2D eigenvalue weighted by Crippen LogP contribution is -2.47. The van der Waals surface area contributed by atoms with Gasteiger partial charge in [-0.1, -0.05) is 19.1 Å². The van der Waals surface area contributed by atoms with Crippen LogP contribution in [0.3, 0.4) is 0 Å². The molecule has 1 heteroatoms. The largest absolute Gasteiger partial charge is 0.393 e. The van der Waals surface area contributed by atoms with Gasteiger partial charge in [-0.3, -0.25) is 0 Å². The van der Waals surface area contributed by atoms with E-state index in [1.807, 2.05) is 0 Å². The molecule has 0 amide bonds. The van der Waals surface area contributed by atoms with Crippen molar-refractivity contribution in [2.45, 2.75) is 70.8 Å². The Morgan fingerprint density at radius 1 is 1.00 bits per heavy atom. The van der Waals surface area contributed by atoms with Gasteiger partial charge in [0.1, 0.15) is 0 Å². The molecule has 4 aliphatic carbocycles. The number of aliphatic hydroxyl groups excluding tert-OH is 1. The van der Waals surface area contributed by atoms with Gasteiger partial charge in [-0.05, 0) is 92.8 Å². The van der Waals surface area contributed by atoms with Gasteiger partial charge >= 0.3 is 0 Å². The maximum atomic E-state index is 9.96. The van der Waals surface area contributed by atoms with Crippen LogP contribution in [0.4, 0.5) is 0 Å². The Labute approximate surface area is 123 Å². The number of hydrogen-bond acceptors (Lipinski definition) is 1. The van der Waals surface area contributed by atoms with Crippen molar-refractivity contribution in [1.82, 2.24) is 0 Å². The minimum absolute atomic E-state index is 0.00733. The van der Waals surface area contributed by atoms with Gasteiger partial charge in [0.05, 0.1) is 6.10 Å². The zero-order valence-corrected chi connectivity index (χ0v) is 13.0. The first-order valence-electron chi connectivity index (χ1n) is 8.96. The van der Waals surface area contributed by atoms with Gasteiger partial charge in [0.2, 0.25) is 0 Å². The van der Waals surface area contributed by atoms with Gasteiger partial charge in [-0.25, -0.2) is 0 Å². The van der Waals surface area contributed by atoms with Gasteiger partial charge in [0.25, 0.3) is 0 Å². The average molecular weight is 274 g/mol. The van der Waals surface area contributed by atoms with Crippen molar-refractivity contribution < 1.29 is 5.11 Å². The zero-order valence-electron chi connectivity index (χ0n) is 13.0. The molecule has 0 bridgehead atoms. The Hall–Kier alpha value is -0.300. The van der Waals surface area contributed by atoms with Crippen LogP contribution in [0.25, 0.3) is 0 Å². The molecule has 4 rings (SSSR count). The van der Waals surface area contributed by atoms with Crippen molar-refractivity contribution in [3.05, 3.63) is 12.2 Å². The summed E-state index contributed by atoms with van der Waals surface area (Å²) in [5.74, 6) is 4.67. The summed E-state index contributed by atoms with van der Waals surface area (Å²) < 4.78 is 0. The molecule has 0 saturated heterocycles. The lowest BCUT2D eigenvalue weighted by atomic mass is 9.50. The molecular weight excluding hydrogens is 244 g/mol. The van der Waals surface area contributed by atoms with E-state index in [4.69, 9.17) is 0 Å². The summed E-state index contributed by atoms with van der Waals surface area (Å²) in [6.45, 7) is 6.92. The average Bonchev–Trinajstić information content (AvgIpc) is 2.74. The molecule has 4 fully saturated rings. The van der Waals surface area contributed by atoms with Crippen molar-refractivity contribution in [3.8, 4) is 0 Å². The van der Waals surface area contributed by atoms with Gasteiger partial charge < -0.3 is 5.11 Å². The van der Waals surface area contributed by atoms with E-state index in [2.05, 4.69) is 13.5 Å². The van der Waals surface area contributed by atoms with Crippen LogP contribution in [-0.4, -0.2) is 11.2 Å². The first kappa shape index (κ1) is 13.4. The molecule has 0 aromatic carbocycles. The highest BCUT2D eigenvalue weighted by molar-refractivity contribution is 5.20. The fourth-order valence-corrected chi connectivity index (χ4v) is 6.74. The van der Waals surface area contributed by atoms with Gasteiger partial charge in [0.15, 0.2) is 0 Å². The Bertz CT molecular complexity index is 414. The van der Waals surface area contributed by atoms with Crippen molar-refractivity contribution in [3.63, 3.8) is 0 Å². The summed E-state index contributed by atoms with van der Waals surface area (Å²) in [7, 11) is 0. The number of aliphatic hydroxyl groups is 1. The first-order valence-corrected chi connectivity index (χ1v) is 8.96. The van der Waals surface area contributed by atoms with E-state index < -0.39 is 0 Å². The third-order valence-electron chi connectivity index (χ3n) is 7.88. The van der Waals surface area contributed by atoms with E-state index >= 15 is 0 Å². The molecule has 7 atom stereocenters. The van der Waals surface area contributed by atoms with Gasteiger partial charge in [0, 0.05) is 0 Å². The van der Waals surface area contributed by atoms with Crippen molar-refractivity contribution in [1.29, 1.82) is 0 Å². The normalized spacial score (nSPS) is 55.0. The maximum absolute atomic E-state index is 9.96. The fourth-order valence-electron chi connectivity index (χ4n) is 6.74. The zero-order chi connectivity index (χ0) is 13.9. The predicted octanol–water partition coefficient (Wildman–Crippen LogP) is 4.56. The minimum atomic E-state index is 0.00733. The van der Waals surface area contributed by atoms with E-state index in [0.717, 1.165) is 42.4 Å². The van der Waals surface area contributed by atoms with Crippen LogP contribution in [0.15, 0.2) is 12.2 Å². The predicted molar refractivity (Wildman–Crippen MR) is 82.3 cm³/mol. The molecular formula is C19H30O. The van der Waals surface area contributed by atoms with Crippen LogP contribution in [0.1, 0.15) is 64.7 Å². The standard InChI is InChI=1S/C19H30O/c1-12-3-8-18-17-6-4-13-11-14(20)5-7-15(13)16(17)9-10-19(12,18)2/h13-18,20H,1,3-11H2,2H3. The van der Waals surface area contributed by atoms with Crippen molar-refractivity contribution in [2.75, 3.05) is 0 Å². The summed E-state index contributed by atoms with van der Waals surface area (Å²) in [4.78, 5) is 0. The molecule has 4 aliphatic rings. The molecule has 0 aromatic rings. The Morgan fingerprint density at radius 2 is 1.80 bits per heavy atom. The molecule has 7 unspecified atom stereocenters. The summed E-state index contributed by atoms with van der Waals surface area (Å²) in [6, 6.07) is 0. The highest BCUT2D eigenvalue weighted by atomic mass is 16.3. The minimum Gasteiger partial charge on any atom is -0.393 e. The number of allylic oxidation sites excluding steroid dienone is 1. The number of fused-ring (bicyclic) bond motifs is 5. The first-order chi connectivity index (χ1) is 9.59. The molecule has 1 N–H and O–H groups in total. The monoisotopic (exact) mass is 274 g/mol. The second-order valence-electron chi connectivity index (χ2n) is 8.50. The lowest BCUT2D eigenvalue weighted by molar-refractivity contribution is -0.0610. The number of rotatable bonds is 0. The van der Waals surface area contributed by atoms with Crippen LogP contribution in [0.2, 0.25) is 0 Å². The molecule has 112 valence electrons. The van der Waals surface area contributed by atoms with Gasteiger partial charge in [-0.15, -0.1) is 0 Å². The molecule has 0 radical (unpaired) electrons. The molecule has 0 heterocycles. The highest BCUT2D eigenvalue weighted by Crippen LogP contribution is 2.63. The Morgan fingerprint density at radius 3 is 2.65 bits per heavy atom. The summed E-state index contributed by atoms with van der Waals surface area (Å²) >= 11 is 0. The second kappa shape index (κ2) is 4.60. The smallest absolute Gasteiger partial charge is 0.0543 e. The second-order valence-corrected chi connectivity index (χ2v) is 8.50.